The van der Waals surface area contributed by atoms with Gasteiger partial charge in [0, 0.05) is 11.5 Å². The Morgan fingerprint density at radius 1 is 1.09 bits per heavy atom. The van der Waals surface area contributed by atoms with Crippen LogP contribution in [0.4, 0.5) is 0 Å². The van der Waals surface area contributed by atoms with Crippen LogP contribution >= 0.6 is 0 Å². The number of carbonyl (C=O) groups excluding carboxylic acids is 1. The van der Waals surface area contributed by atoms with Gasteiger partial charge in [0.1, 0.15) is 11.5 Å². The lowest BCUT2D eigenvalue weighted by molar-refractivity contribution is 0.0731. The molecule has 0 saturated carbocycles. The number of fused-ring (bicyclic) bond motifs is 1. The number of benzene rings is 3. The van der Waals surface area contributed by atoms with Crippen LogP contribution in [0.3, 0.4) is 0 Å². The molecule has 0 amide bonds. The molecule has 0 unspecified atom stereocenters. The number of aryl methyl sites for hydroxylation is 1. The van der Waals surface area contributed by atoms with Crippen LogP contribution in [0.25, 0.3) is 10.8 Å². The molecular formula is C32H36O3. The van der Waals surface area contributed by atoms with Crippen LogP contribution in [-0.2, 0) is 6.42 Å². The zero-order valence-electron chi connectivity index (χ0n) is 21.1. The first kappa shape index (κ1) is 24.8. The van der Waals surface area contributed by atoms with E-state index in [-0.39, 0.29) is 17.6 Å². The van der Waals surface area contributed by atoms with Gasteiger partial charge in [-0.25, -0.2) is 4.79 Å². The highest BCUT2D eigenvalue weighted by Gasteiger charge is 2.32. The molecule has 3 aromatic rings. The maximum Gasteiger partial charge on any atom is 0.343 e. The summed E-state index contributed by atoms with van der Waals surface area (Å²) in [6.07, 6.45) is 8.07. The highest BCUT2D eigenvalue weighted by atomic mass is 16.5. The van der Waals surface area contributed by atoms with E-state index in [9.17, 15) is 9.90 Å². The van der Waals surface area contributed by atoms with Gasteiger partial charge in [0.2, 0.25) is 0 Å². The number of ether oxygens (including phenoxy) is 1. The van der Waals surface area contributed by atoms with Gasteiger partial charge in [0.15, 0.2) is 0 Å². The molecule has 182 valence electrons. The Morgan fingerprint density at radius 3 is 2.60 bits per heavy atom. The summed E-state index contributed by atoms with van der Waals surface area (Å²) in [6, 6.07) is 17.4. The molecule has 0 heterocycles. The maximum absolute atomic E-state index is 13.3. The van der Waals surface area contributed by atoms with Crippen LogP contribution in [0.5, 0.6) is 11.5 Å². The van der Waals surface area contributed by atoms with E-state index in [1.165, 1.54) is 5.57 Å². The number of phenolic OH excluding ortho intramolecular Hbond substituents is 1. The van der Waals surface area contributed by atoms with Crippen molar-refractivity contribution < 1.29 is 14.6 Å². The zero-order chi connectivity index (χ0) is 24.9. The smallest absolute Gasteiger partial charge is 0.343 e. The minimum atomic E-state index is -0.406. The molecule has 0 fully saturated rings. The van der Waals surface area contributed by atoms with E-state index in [0.717, 1.165) is 66.0 Å². The van der Waals surface area contributed by atoms with Gasteiger partial charge in [0.05, 0.1) is 5.56 Å². The average Bonchev–Trinajstić information content (AvgIpc) is 2.83. The normalized spacial score (nSPS) is 17.7. The molecule has 4 rings (SSSR count). The average molecular weight is 469 g/mol. The first-order valence-electron chi connectivity index (χ1n) is 12.7. The maximum atomic E-state index is 13.3. The van der Waals surface area contributed by atoms with Crippen molar-refractivity contribution in [3.05, 3.63) is 95.1 Å². The van der Waals surface area contributed by atoms with E-state index >= 15 is 0 Å². The molecule has 0 spiro atoms. The molecule has 0 aromatic heterocycles. The number of rotatable bonds is 8. The molecule has 35 heavy (non-hydrogen) atoms. The van der Waals surface area contributed by atoms with Crippen LogP contribution in [0.15, 0.2) is 78.4 Å². The largest absolute Gasteiger partial charge is 0.508 e. The second-order valence-corrected chi connectivity index (χ2v) is 9.98. The Balaban J connectivity index is 1.73. The molecule has 2 atom stereocenters. The summed E-state index contributed by atoms with van der Waals surface area (Å²) in [7, 11) is 0. The molecule has 1 N–H and O–H groups in total. The van der Waals surface area contributed by atoms with Crippen LogP contribution in [-0.4, -0.2) is 11.1 Å². The minimum Gasteiger partial charge on any atom is -0.508 e. The zero-order valence-corrected chi connectivity index (χ0v) is 21.1. The number of hydrogen-bond acceptors (Lipinski definition) is 3. The number of hydrogen-bond donors (Lipinski definition) is 1. The summed E-state index contributed by atoms with van der Waals surface area (Å²) in [5.74, 6) is 0.485. The van der Waals surface area contributed by atoms with E-state index in [4.69, 9.17) is 4.74 Å². The Hall–Kier alpha value is -3.33. The van der Waals surface area contributed by atoms with Crippen molar-refractivity contribution in [2.45, 2.75) is 65.2 Å². The molecule has 1 aliphatic carbocycles. The Labute approximate surface area is 209 Å². The topological polar surface area (TPSA) is 46.5 Å². The van der Waals surface area contributed by atoms with Gasteiger partial charge in [-0.15, -0.1) is 0 Å². The quantitative estimate of drug-likeness (QED) is 0.156. The molecule has 3 nitrogen and oxygen atoms in total. The van der Waals surface area contributed by atoms with Crippen LogP contribution in [0.1, 0.15) is 80.3 Å². The van der Waals surface area contributed by atoms with E-state index < -0.39 is 5.97 Å². The van der Waals surface area contributed by atoms with Crippen molar-refractivity contribution in [2.24, 2.45) is 5.92 Å². The number of unbranched alkanes of at least 4 members (excludes halogenated alkanes) is 2. The second-order valence-electron chi connectivity index (χ2n) is 9.98. The van der Waals surface area contributed by atoms with Crippen molar-refractivity contribution in [3.8, 4) is 11.5 Å². The van der Waals surface area contributed by atoms with E-state index in [2.05, 4.69) is 26.5 Å². The minimum absolute atomic E-state index is 0.0154. The number of aromatic hydroxyl groups is 1. The molecule has 0 bridgehead atoms. The van der Waals surface area contributed by atoms with Crippen LogP contribution < -0.4 is 4.74 Å². The summed E-state index contributed by atoms with van der Waals surface area (Å²) < 4.78 is 6.08. The predicted molar refractivity (Wildman–Crippen MR) is 144 cm³/mol. The second kappa shape index (κ2) is 10.9. The third-order valence-corrected chi connectivity index (χ3v) is 7.19. The number of carbonyl (C=O) groups is 1. The predicted octanol–water partition coefficient (Wildman–Crippen LogP) is 8.51. The first-order valence-corrected chi connectivity index (χ1v) is 12.7. The summed E-state index contributed by atoms with van der Waals surface area (Å²) in [6.45, 7) is 10.6. The molecule has 3 aromatic carbocycles. The first-order chi connectivity index (χ1) is 16.9. The highest BCUT2D eigenvalue weighted by molar-refractivity contribution is 5.96. The molecule has 0 saturated heterocycles. The lowest BCUT2D eigenvalue weighted by atomic mass is 9.72. The van der Waals surface area contributed by atoms with E-state index in [1.54, 1.807) is 6.07 Å². The van der Waals surface area contributed by atoms with Gasteiger partial charge >= 0.3 is 5.97 Å². The molecule has 3 heteroatoms. The Morgan fingerprint density at radius 2 is 1.86 bits per heavy atom. The summed E-state index contributed by atoms with van der Waals surface area (Å²) >= 11 is 0. The van der Waals surface area contributed by atoms with Crippen molar-refractivity contribution in [3.63, 3.8) is 0 Å². The van der Waals surface area contributed by atoms with Gasteiger partial charge in [-0.1, -0.05) is 73.9 Å². The van der Waals surface area contributed by atoms with Gasteiger partial charge < -0.3 is 9.84 Å². The fourth-order valence-corrected chi connectivity index (χ4v) is 5.24. The number of phenols is 1. The van der Waals surface area contributed by atoms with Gasteiger partial charge in [-0.05, 0) is 86.1 Å². The van der Waals surface area contributed by atoms with E-state index in [1.807, 2.05) is 55.5 Å². The fourth-order valence-electron chi connectivity index (χ4n) is 5.24. The van der Waals surface area contributed by atoms with Gasteiger partial charge in [-0.3, -0.25) is 0 Å². The lowest BCUT2D eigenvalue weighted by Crippen LogP contribution is -2.20. The SMILES string of the molecule is C=C(C)[C@@H]1CC=C(C)C[C@H]1c1c(O)cc(CCCCC)cc1OC(=O)c1ccc2ccccc2c1. The van der Waals surface area contributed by atoms with Gasteiger partial charge in [-0.2, -0.15) is 0 Å². The summed E-state index contributed by atoms with van der Waals surface area (Å²) in [5, 5.41) is 13.3. The van der Waals surface area contributed by atoms with Crippen molar-refractivity contribution in [1.29, 1.82) is 0 Å². The standard InChI is InChI=1S/C32H36O3/c1-5-6-7-10-23-18-29(33)31(28-17-22(4)13-16-27(28)21(2)3)30(19-23)35-32(34)26-15-14-24-11-8-9-12-25(24)20-26/h8-9,11-15,18-20,27-28,33H,2,5-7,10,16-17H2,1,3-4H3/t27-,28+/m0/s1. The van der Waals surface area contributed by atoms with Crippen molar-refractivity contribution >= 4 is 16.7 Å². The summed E-state index contributed by atoms with van der Waals surface area (Å²) in [4.78, 5) is 13.3. The third kappa shape index (κ3) is 5.67. The molecule has 0 radical (unpaired) electrons. The molecule has 0 aliphatic heterocycles. The number of esters is 1. The molecular weight excluding hydrogens is 432 g/mol. The van der Waals surface area contributed by atoms with Gasteiger partial charge in [0.25, 0.3) is 0 Å². The monoisotopic (exact) mass is 468 g/mol. The highest BCUT2D eigenvalue weighted by Crippen LogP contribution is 2.48. The Kier molecular flexibility index (Phi) is 7.75. The van der Waals surface area contributed by atoms with E-state index in [0.29, 0.717) is 11.3 Å². The molecule has 1 aliphatic rings. The Bertz CT molecular complexity index is 1270. The number of allylic oxidation sites excluding steroid dienone is 3. The van der Waals surface area contributed by atoms with Crippen LogP contribution in [0, 0.1) is 5.92 Å². The van der Waals surface area contributed by atoms with Crippen molar-refractivity contribution in [1.82, 2.24) is 0 Å². The lowest BCUT2D eigenvalue weighted by Gasteiger charge is -2.33. The third-order valence-electron chi connectivity index (χ3n) is 7.19. The van der Waals surface area contributed by atoms with Crippen LogP contribution in [0.2, 0.25) is 0 Å². The fraction of sp³-hybridized carbons (Fsp3) is 0.344. The summed E-state index contributed by atoms with van der Waals surface area (Å²) in [5.41, 5.74) is 4.58. The van der Waals surface area contributed by atoms with Crippen molar-refractivity contribution in [2.75, 3.05) is 0 Å².